The molecule has 3 aromatic rings. The summed E-state index contributed by atoms with van der Waals surface area (Å²) >= 11 is 6.71. The Balaban J connectivity index is 1.68. The van der Waals surface area contributed by atoms with Crippen LogP contribution in [-0.2, 0) is 12.8 Å². The second-order valence-electron chi connectivity index (χ2n) is 10.3. The second-order valence-corrected chi connectivity index (χ2v) is 10.7. The van der Waals surface area contributed by atoms with E-state index in [1.165, 1.54) is 6.42 Å². The molecule has 1 unspecified atom stereocenters. The molecule has 6 rings (SSSR count). The molecular formula is C29H35ClFN5. The number of nitrogens with one attached hydrogen (secondary N) is 1. The minimum atomic E-state index is -0.388. The van der Waals surface area contributed by atoms with Crippen molar-refractivity contribution in [3.63, 3.8) is 0 Å². The van der Waals surface area contributed by atoms with E-state index in [0.717, 1.165) is 86.4 Å². The van der Waals surface area contributed by atoms with Crippen molar-refractivity contribution in [3.05, 3.63) is 58.4 Å². The molecular weight excluding hydrogens is 473 g/mol. The molecule has 6 bridgehead atoms. The fourth-order valence-electron chi connectivity index (χ4n) is 5.59. The number of aromatic nitrogens is 3. The highest BCUT2D eigenvalue weighted by atomic mass is 35.5. The van der Waals surface area contributed by atoms with E-state index in [9.17, 15) is 0 Å². The molecule has 3 aliphatic rings. The van der Waals surface area contributed by atoms with E-state index >= 15 is 4.39 Å². The van der Waals surface area contributed by atoms with Gasteiger partial charge >= 0.3 is 0 Å². The minimum Gasteiger partial charge on any atom is -0.389 e. The Morgan fingerprint density at radius 1 is 1.17 bits per heavy atom. The number of fused-ring (bicyclic) bond motifs is 8. The van der Waals surface area contributed by atoms with Crippen molar-refractivity contribution in [2.24, 2.45) is 5.92 Å². The van der Waals surface area contributed by atoms with Gasteiger partial charge in [0.05, 0.1) is 5.39 Å². The number of rotatable bonds is 1. The van der Waals surface area contributed by atoms with Gasteiger partial charge < -0.3 is 10.2 Å². The zero-order valence-electron chi connectivity index (χ0n) is 21.3. The third-order valence-electron chi connectivity index (χ3n) is 7.52. The number of benzene rings is 1. The number of pyridine rings is 1. The van der Waals surface area contributed by atoms with E-state index < -0.39 is 0 Å². The lowest BCUT2D eigenvalue weighted by Crippen LogP contribution is -2.37. The van der Waals surface area contributed by atoms with Crippen LogP contribution in [0.5, 0.6) is 0 Å². The molecule has 0 aliphatic carbocycles. The van der Waals surface area contributed by atoms with Crippen molar-refractivity contribution >= 4 is 28.3 Å². The Hall–Kier alpha value is -2.73. The predicted octanol–water partition coefficient (Wildman–Crippen LogP) is 6.79. The highest BCUT2D eigenvalue weighted by Gasteiger charge is 2.26. The van der Waals surface area contributed by atoms with Crippen LogP contribution in [0.15, 0.2) is 30.6 Å². The predicted molar refractivity (Wildman–Crippen MR) is 146 cm³/mol. The summed E-state index contributed by atoms with van der Waals surface area (Å²) in [5.41, 5.74) is 4.44. The topological polar surface area (TPSA) is 53.9 Å². The summed E-state index contributed by atoms with van der Waals surface area (Å²) in [7, 11) is 0. The van der Waals surface area contributed by atoms with Crippen LogP contribution < -0.4 is 10.2 Å². The molecule has 190 valence electrons. The molecule has 0 amide bonds. The van der Waals surface area contributed by atoms with Gasteiger partial charge in [0.2, 0.25) is 0 Å². The van der Waals surface area contributed by atoms with Crippen LogP contribution in [0.25, 0.3) is 22.2 Å². The van der Waals surface area contributed by atoms with E-state index in [0.29, 0.717) is 39.8 Å². The highest BCUT2D eigenvalue weighted by Crippen LogP contribution is 2.37. The van der Waals surface area contributed by atoms with Gasteiger partial charge in [0.25, 0.3) is 0 Å². The monoisotopic (exact) mass is 507 g/mol. The summed E-state index contributed by atoms with van der Waals surface area (Å²) in [6.45, 7) is 11.0. The van der Waals surface area contributed by atoms with Gasteiger partial charge in [-0.1, -0.05) is 25.1 Å². The van der Waals surface area contributed by atoms with Crippen molar-refractivity contribution in [3.8, 4) is 11.3 Å². The zero-order valence-corrected chi connectivity index (χ0v) is 22.1. The molecule has 1 N–H and O–H groups in total. The molecule has 3 aliphatic heterocycles. The van der Waals surface area contributed by atoms with Crippen LogP contribution in [0.3, 0.4) is 0 Å². The number of anilines is 1. The second kappa shape index (κ2) is 10.7. The molecule has 0 radical (unpaired) electrons. The maximum absolute atomic E-state index is 16.3. The molecule has 0 spiro atoms. The average molecular weight is 508 g/mol. The molecule has 1 saturated heterocycles. The van der Waals surface area contributed by atoms with Gasteiger partial charge in [-0.15, -0.1) is 0 Å². The molecule has 0 saturated carbocycles. The lowest BCUT2D eigenvalue weighted by Gasteiger charge is -2.34. The molecule has 5 heterocycles. The normalized spacial score (nSPS) is 19.2. The number of allylic oxidation sites excluding steroid dienone is 1. The summed E-state index contributed by atoms with van der Waals surface area (Å²) in [5, 5.41) is 4.89. The van der Waals surface area contributed by atoms with Crippen LogP contribution >= 0.6 is 11.6 Å². The van der Waals surface area contributed by atoms with Crippen LogP contribution in [0, 0.1) is 18.7 Å². The maximum atomic E-state index is 16.3. The van der Waals surface area contributed by atoms with Gasteiger partial charge in [-0.05, 0) is 81.0 Å². The summed E-state index contributed by atoms with van der Waals surface area (Å²) < 4.78 is 16.3. The quantitative estimate of drug-likeness (QED) is 0.393. The summed E-state index contributed by atoms with van der Waals surface area (Å²) in [6, 6.07) is 3.95. The van der Waals surface area contributed by atoms with Crippen LogP contribution in [-0.4, -0.2) is 34.6 Å². The minimum absolute atomic E-state index is 0.318. The molecule has 1 fully saturated rings. The third kappa shape index (κ3) is 5.06. The van der Waals surface area contributed by atoms with E-state index in [2.05, 4.69) is 26.8 Å². The first-order chi connectivity index (χ1) is 17.4. The van der Waals surface area contributed by atoms with Crippen LogP contribution in [0.2, 0.25) is 5.02 Å². The average Bonchev–Trinajstić information content (AvgIpc) is 2.87. The van der Waals surface area contributed by atoms with E-state index in [1.54, 1.807) is 6.20 Å². The van der Waals surface area contributed by atoms with Crippen molar-refractivity contribution in [1.82, 2.24) is 20.3 Å². The third-order valence-corrected chi connectivity index (χ3v) is 7.86. The molecule has 36 heavy (non-hydrogen) atoms. The number of hydrogen-bond acceptors (Lipinski definition) is 5. The fourth-order valence-corrected chi connectivity index (χ4v) is 5.95. The van der Waals surface area contributed by atoms with E-state index in [4.69, 9.17) is 16.6 Å². The smallest absolute Gasteiger partial charge is 0.175 e. The fraction of sp³-hybridized carbons (Fsp3) is 0.483. The number of nitrogens with zero attached hydrogens (tertiary/aromatic N) is 4. The number of hydrogen-bond donors (Lipinski definition) is 1. The first-order valence-electron chi connectivity index (χ1n) is 13.3. The zero-order chi connectivity index (χ0) is 25.2. The van der Waals surface area contributed by atoms with Gasteiger partial charge in [0, 0.05) is 48.5 Å². The Kier molecular flexibility index (Phi) is 7.42. The number of halogens is 2. The first-order valence-corrected chi connectivity index (χ1v) is 13.6. The van der Waals surface area contributed by atoms with Crippen molar-refractivity contribution in [1.29, 1.82) is 0 Å². The number of piperidine rings is 1. The van der Waals surface area contributed by atoms with Crippen LogP contribution in [0.4, 0.5) is 10.2 Å². The summed E-state index contributed by atoms with van der Waals surface area (Å²) in [4.78, 5) is 16.5. The van der Waals surface area contributed by atoms with E-state index in [1.807, 2.05) is 26.0 Å². The van der Waals surface area contributed by atoms with Crippen molar-refractivity contribution in [2.75, 3.05) is 24.5 Å². The largest absolute Gasteiger partial charge is 0.389 e. The molecule has 2 aromatic heterocycles. The Morgan fingerprint density at radius 2 is 2.00 bits per heavy atom. The van der Waals surface area contributed by atoms with Crippen LogP contribution in [0.1, 0.15) is 62.4 Å². The lowest BCUT2D eigenvalue weighted by molar-refractivity contribution is 0.386. The molecule has 1 aromatic carbocycles. The molecule has 5 nitrogen and oxygen atoms in total. The van der Waals surface area contributed by atoms with Crippen molar-refractivity contribution in [2.45, 2.75) is 65.2 Å². The summed E-state index contributed by atoms with van der Waals surface area (Å²) in [5.74, 6) is 1.63. The lowest BCUT2D eigenvalue weighted by atomic mass is 9.94. The number of aryl methyl sites for hydroxylation is 2. The standard InChI is InChI=1S/C29H35ClFN5/c1-4-25-34-28-23-16-33-27(26(28)31)22-14-18(2)15-24(30)21(22)10-6-5-8-19(3)32-12-11-20-9-7-13-36(17-20)29(23)35-25/h14-16,20,32H,3-13,17H2,1-2H3. The summed E-state index contributed by atoms with van der Waals surface area (Å²) in [6.07, 6.45) is 9.40. The van der Waals surface area contributed by atoms with Gasteiger partial charge in [0.1, 0.15) is 22.9 Å². The first kappa shape index (κ1) is 24.9. The van der Waals surface area contributed by atoms with Crippen molar-refractivity contribution < 1.29 is 4.39 Å². The van der Waals surface area contributed by atoms with Gasteiger partial charge in [-0.3, -0.25) is 4.98 Å². The molecule has 7 heteroatoms. The Bertz CT molecular complexity index is 1290. The van der Waals surface area contributed by atoms with Gasteiger partial charge in [-0.25, -0.2) is 14.4 Å². The van der Waals surface area contributed by atoms with Gasteiger partial charge in [-0.2, -0.15) is 0 Å². The van der Waals surface area contributed by atoms with E-state index in [-0.39, 0.29) is 5.82 Å². The van der Waals surface area contributed by atoms with Gasteiger partial charge in [0.15, 0.2) is 5.82 Å². The highest BCUT2D eigenvalue weighted by molar-refractivity contribution is 6.31. The molecule has 1 atom stereocenters. The Morgan fingerprint density at radius 3 is 2.83 bits per heavy atom. The SMILES string of the molecule is C=C1CCCCc2c(Cl)cc(C)cc2-c2ncc3c(nc(CC)nc3c2F)N2CCCC(CCN1)C2. The maximum Gasteiger partial charge on any atom is 0.175 e. The Labute approximate surface area is 218 Å².